The number of hydrogen-bond donors (Lipinski definition) is 0. The maximum Gasteiger partial charge on any atom is 0.242 e. The van der Waals surface area contributed by atoms with Gasteiger partial charge in [0.05, 0.1) is 25.6 Å². The van der Waals surface area contributed by atoms with Crippen molar-refractivity contribution in [2.75, 3.05) is 33.4 Å². The van der Waals surface area contributed by atoms with Gasteiger partial charge in [-0.15, -0.1) is 22.7 Å². The third-order valence-corrected chi connectivity index (χ3v) is 7.42. The number of carbonyl (C=O) groups excluding carboxylic acids is 2. The van der Waals surface area contributed by atoms with Gasteiger partial charge in [-0.05, 0) is 40.4 Å². The van der Waals surface area contributed by atoms with Crippen LogP contribution in [0.1, 0.15) is 26.9 Å². The second-order valence-electron chi connectivity index (χ2n) is 7.51. The number of hydrogen-bond acceptors (Lipinski definition) is 5. The fourth-order valence-electron chi connectivity index (χ4n) is 4.00. The summed E-state index contributed by atoms with van der Waals surface area (Å²) in [6.45, 7) is 1.53. The number of methoxy groups -OCH3 is 1. The highest BCUT2D eigenvalue weighted by Gasteiger charge is 2.33. The summed E-state index contributed by atoms with van der Waals surface area (Å²) in [6.07, 6.45) is 1.16. The molecular formula is C24H26N2O3S2. The molecule has 1 atom stereocenters. The van der Waals surface area contributed by atoms with Crippen LogP contribution in [-0.4, -0.2) is 55.0 Å². The Bertz CT molecular complexity index is 1000. The Labute approximate surface area is 190 Å². The van der Waals surface area contributed by atoms with Crippen molar-refractivity contribution in [2.24, 2.45) is 0 Å². The molecule has 5 nitrogen and oxygen atoms in total. The van der Waals surface area contributed by atoms with Gasteiger partial charge in [0.25, 0.3) is 0 Å². The lowest BCUT2D eigenvalue weighted by molar-refractivity contribution is -0.141. The Morgan fingerprint density at radius 3 is 2.68 bits per heavy atom. The normalized spacial score (nSPS) is 15.5. The first-order valence-electron chi connectivity index (χ1n) is 10.4. The van der Waals surface area contributed by atoms with E-state index in [1.807, 2.05) is 40.6 Å². The van der Waals surface area contributed by atoms with E-state index < -0.39 is 0 Å². The second-order valence-corrected chi connectivity index (χ2v) is 9.55. The predicted molar refractivity (Wildman–Crippen MR) is 125 cm³/mol. The molecule has 0 aliphatic carbocycles. The van der Waals surface area contributed by atoms with Crippen LogP contribution in [0.4, 0.5) is 0 Å². The van der Waals surface area contributed by atoms with Gasteiger partial charge in [0.15, 0.2) is 0 Å². The Balaban J connectivity index is 1.54. The first-order chi connectivity index (χ1) is 15.2. The van der Waals surface area contributed by atoms with E-state index in [4.69, 9.17) is 4.74 Å². The van der Waals surface area contributed by atoms with Crippen molar-refractivity contribution in [1.82, 2.24) is 9.80 Å². The molecule has 1 unspecified atom stereocenters. The summed E-state index contributed by atoms with van der Waals surface area (Å²) in [5.41, 5.74) is 2.30. The van der Waals surface area contributed by atoms with Crippen molar-refractivity contribution in [3.8, 4) is 0 Å². The highest BCUT2D eigenvalue weighted by atomic mass is 32.1. The quantitative estimate of drug-likeness (QED) is 0.517. The maximum absolute atomic E-state index is 13.5. The van der Waals surface area contributed by atoms with Crippen LogP contribution in [-0.2, 0) is 27.2 Å². The zero-order valence-electron chi connectivity index (χ0n) is 17.5. The van der Waals surface area contributed by atoms with E-state index >= 15 is 0 Å². The van der Waals surface area contributed by atoms with Crippen LogP contribution in [0.5, 0.6) is 0 Å². The Hall–Kier alpha value is -2.48. The van der Waals surface area contributed by atoms with E-state index in [1.165, 1.54) is 10.4 Å². The van der Waals surface area contributed by atoms with E-state index in [0.717, 1.165) is 16.9 Å². The van der Waals surface area contributed by atoms with Gasteiger partial charge in [-0.25, -0.2) is 0 Å². The van der Waals surface area contributed by atoms with Crippen LogP contribution in [0, 0.1) is 0 Å². The van der Waals surface area contributed by atoms with E-state index in [9.17, 15) is 9.59 Å². The third-order valence-electron chi connectivity index (χ3n) is 5.55. The number of ether oxygens (including phenoxy) is 1. The lowest BCUT2D eigenvalue weighted by atomic mass is 9.93. The van der Waals surface area contributed by atoms with Gasteiger partial charge >= 0.3 is 0 Å². The summed E-state index contributed by atoms with van der Waals surface area (Å²) in [6, 6.07) is 16.1. The summed E-state index contributed by atoms with van der Waals surface area (Å²) in [5.74, 6) is -0.0707. The maximum atomic E-state index is 13.5. The molecule has 7 heteroatoms. The fourth-order valence-corrected chi connectivity index (χ4v) is 5.60. The van der Waals surface area contributed by atoms with Gasteiger partial charge in [-0.3, -0.25) is 9.59 Å². The summed E-state index contributed by atoms with van der Waals surface area (Å²) >= 11 is 3.31. The number of carbonyl (C=O) groups is 2. The van der Waals surface area contributed by atoms with Crippen LogP contribution < -0.4 is 0 Å². The van der Waals surface area contributed by atoms with Crippen molar-refractivity contribution in [1.29, 1.82) is 0 Å². The molecule has 0 saturated heterocycles. The van der Waals surface area contributed by atoms with Gasteiger partial charge in [-0.1, -0.05) is 36.4 Å². The van der Waals surface area contributed by atoms with E-state index in [0.29, 0.717) is 26.1 Å². The van der Waals surface area contributed by atoms with Gasteiger partial charge in [0.1, 0.15) is 0 Å². The van der Waals surface area contributed by atoms with Gasteiger partial charge in [0.2, 0.25) is 11.8 Å². The first kappa shape index (κ1) is 21.7. The molecular weight excluding hydrogens is 428 g/mol. The minimum absolute atomic E-state index is 0.0265. The number of thiophene rings is 2. The van der Waals surface area contributed by atoms with Crippen molar-refractivity contribution in [3.63, 3.8) is 0 Å². The lowest BCUT2D eigenvalue weighted by Gasteiger charge is -2.37. The first-order valence-corrected chi connectivity index (χ1v) is 12.1. The monoisotopic (exact) mass is 454 g/mol. The molecule has 3 aromatic rings. The summed E-state index contributed by atoms with van der Waals surface area (Å²) in [7, 11) is 1.61. The minimum atomic E-state index is -0.111. The molecule has 0 saturated carbocycles. The summed E-state index contributed by atoms with van der Waals surface area (Å²) in [5, 5.41) is 4.06. The largest absolute Gasteiger partial charge is 0.383 e. The Kier molecular flexibility index (Phi) is 7.17. The molecule has 0 bridgehead atoms. The minimum Gasteiger partial charge on any atom is -0.383 e. The molecule has 0 N–H and O–H groups in total. The van der Waals surface area contributed by atoms with Gasteiger partial charge in [-0.2, -0.15) is 0 Å². The number of benzene rings is 1. The zero-order chi connectivity index (χ0) is 21.6. The average molecular weight is 455 g/mol. The number of nitrogens with zero attached hydrogens (tertiary/aromatic N) is 2. The van der Waals surface area contributed by atoms with Gasteiger partial charge in [0, 0.05) is 30.0 Å². The highest BCUT2D eigenvalue weighted by molar-refractivity contribution is 7.10. The van der Waals surface area contributed by atoms with E-state index in [-0.39, 0.29) is 24.4 Å². The molecule has 1 aliphatic rings. The third kappa shape index (κ3) is 5.06. The van der Waals surface area contributed by atoms with Crippen molar-refractivity contribution < 1.29 is 14.3 Å². The number of fused-ring (bicyclic) bond motifs is 1. The fraction of sp³-hybridized carbons (Fsp3) is 0.333. The van der Waals surface area contributed by atoms with Crippen molar-refractivity contribution in [2.45, 2.75) is 18.9 Å². The van der Waals surface area contributed by atoms with Crippen LogP contribution in [0.3, 0.4) is 0 Å². The number of rotatable bonds is 8. The highest BCUT2D eigenvalue weighted by Crippen LogP contribution is 2.37. The van der Waals surface area contributed by atoms with Crippen molar-refractivity contribution >= 4 is 34.5 Å². The average Bonchev–Trinajstić information content (AvgIpc) is 3.48. The lowest BCUT2D eigenvalue weighted by Crippen LogP contribution is -2.47. The molecule has 1 aromatic carbocycles. The second kappa shape index (κ2) is 10.2. The predicted octanol–water partition coefficient (Wildman–Crippen LogP) is 4.00. The molecule has 31 heavy (non-hydrogen) atoms. The molecule has 0 fully saturated rings. The van der Waals surface area contributed by atoms with E-state index in [1.54, 1.807) is 34.7 Å². The Morgan fingerprint density at radius 2 is 1.94 bits per heavy atom. The molecule has 4 rings (SSSR count). The van der Waals surface area contributed by atoms with Crippen LogP contribution in [0.15, 0.2) is 59.3 Å². The molecule has 1 aliphatic heterocycles. The summed E-state index contributed by atoms with van der Waals surface area (Å²) < 4.78 is 5.20. The SMILES string of the molecule is COCCN(CC(=O)N1CCc2sccc2C1c1ccccc1)C(=O)Cc1cccs1. The molecule has 162 valence electrons. The number of amides is 2. The summed E-state index contributed by atoms with van der Waals surface area (Å²) in [4.78, 5) is 32.3. The Morgan fingerprint density at radius 1 is 1.10 bits per heavy atom. The molecule has 2 aromatic heterocycles. The van der Waals surface area contributed by atoms with Gasteiger partial charge < -0.3 is 14.5 Å². The topological polar surface area (TPSA) is 49.9 Å². The smallest absolute Gasteiger partial charge is 0.242 e. The molecule has 0 radical (unpaired) electrons. The van der Waals surface area contributed by atoms with Crippen LogP contribution in [0.2, 0.25) is 0 Å². The standard InChI is InChI=1S/C24H26N2O3S2/c1-29-13-12-25(22(27)16-19-8-5-14-30-19)17-23(28)26-11-9-21-20(10-15-31-21)24(26)18-6-3-2-4-7-18/h2-8,10,14-15,24H,9,11-13,16-17H2,1H3. The molecule has 0 spiro atoms. The van der Waals surface area contributed by atoms with Crippen LogP contribution >= 0.6 is 22.7 Å². The molecule has 2 amide bonds. The zero-order valence-corrected chi connectivity index (χ0v) is 19.2. The van der Waals surface area contributed by atoms with Crippen molar-refractivity contribution in [3.05, 3.63) is 80.2 Å². The molecule has 3 heterocycles. The van der Waals surface area contributed by atoms with Crippen LogP contribution in [0.25, 0.3) is 0 Å². The van der Waals surface area contributed by atoms with E-state index in [2.05, 4.69) is 23.6 Å².